The first-order valence-electron chi connectivity index (χ1n) is 13.9. The summed E-state index contributed by atoms with van der Waals surface area (Å²) in [4.78, 5) is 39.4. The first kappa shape index (κ1) is 29.4. The summed E-state index contributed by atoms with van der Waals surface area (Å²) in [7, 11) is 2.03. The van der Waals surface area contributed by atoms with Gasteiger partial charge in [0.05, 0.1) is 23.9 Å². The zero-order valence-corrected chi connectivity index (χ0v) is 24.8. The van der Waals surface area contributed by atoms with E-state index in [1.807, 2.05) is 50.5 Å². The van der Waals surface area contributed by atoms with E-state index in [1.54, 1.807) is 53.8 Å². The van der Waals surface area contributed by atoms with E-state index in [4.69, 9.17) is 4.74 Å². The minimum Gasteiger partial charge on any atom is -0.486 e. The Morgan fingerprint density at radius 2 is 1.93 bits per heavy atom. The van der Waals surface area contributed by atoms with E-state index < -0.39 is 0 Å². The number of aromatic nitrogens is 2. The van der Waals surface area contributed by atoms with Crippen LogP contribution in [0.25, 0.3) is 10.6 Å². The first-order chi connectivity index (χ1) is 20.3. The summed E-state index contributed by atoms with van der Waals surface area (Å²) < 4.78 is 6.64. The minimum atomic E-state index is -0.379. The van der Waals surface area contributed by atoms with Gasteiger partial charge < -0.3 is 20.1 Å². The number of thiazole rings is 1. The van der Waals surface area contributed by atoms with Gasteiger partial charge in [0.25, 0.3) is 11.8 Å². The molecule has 1 aliphatic rings. The zero-order valence-electron chi connectivity index (χ0n) is 23.9. The Morgan fingerprint density at radius 1 is 1.17 bits per heavy atom. The van der Waals surface area contributed by atoms with E-state index in [1.165, 1.54) is 11.3 Å². The molecule has 5 rings (SSSR count). The molecule has 0 radical (unpaired) electrons. The molecule has 0 bridgehead atoms. The van der Waals surface area contributed by atoms with Gasteiger partial charge in [0, 0.05) is 60.6 Å². The van der Waals surface area contributed by atoms with Crippen molar-refractivity contribution in [2.24, 2.45) is 5.92 Å². The van der Waals surface area contributed by atoms with Gasteiger partial charge in [-0.2, -0.15) is 0 Å². The number of hydrogen-bond donors (Lipinski definition) is 2. The number of likely N-dealkylation sites (N-methyl/N-ethyl adjacent to an activating group) is 1. The highest BCUT2D eigenvalue weighted by molar-refractivity contribution is 7.13. The molecule has 0 fully saturated rings. The number of para-hydroxylation sites is 1. The number of carbonyl (C=O) groups excluding carboxylic acids is 2. The first-order valence-corrected chi connectivity index (χ1v) is 14.8. The van der Waals surface area contributed by atoms with Crippen molar-refractivity contribution in [1.82, 2.24) is 19.8 Å². The van der Waals surface area contributed by atoms with Gasteiger partial charge in [0.2, 0.25) is 0 Å². The van der Waals surface area contributed by atoms with Crippen LogP contribution >= 0.6 is 11.3 Å². The predicted molar refractivity (Wildman–Crippen MR) is 164 cm³/mol. The average Bonchev–Trinajstić information content (AvgIpc) is 3.55. The number of rotatable bonds is 9. The number of nitrogens with zero attached hydrogens (tertiary/aromatic N) is 4. The van der Waals surface area contributed by atoms with Crippen LogP contribution in [0.5, 0.6) is 5.75 Å². The second-order valence-electron chi connectivity index (χ2n) is 10.7. The Balaban J connectivity index is 1.43. The smallest absolute Gasteiger partial charge is 0.258 e. The average molecular weight is 586 g/mol. The van der Waals surface area contributed by atoms with Crippen molar-refractivity contribution in [3.8, 4) is 16.3 Å². The van der Waals surface area contributed by atoms with Crippen LogP contribution in [0.3, 0.4) is 0 Å². The van der Waals surface area contributed by atoms with Crippen LogP contribution in [0.4, 0.5) is 5.69 Å². The van der Waals surface area contributed by atoms with Gasteiger partial charge in [0.15, 0.2) is 5.75 Å². The molecule has 0 saturated carbocycles. The van der Waals surface area contributed by atoms with Gasteiger partial charge in [-0.15, -0.1) is 11.3 Å². The van der Waals surface area contributed by atoms with E-state index >= 15 is 0 Å². The highest BCUT2D eigenvalue weighted by atomic mass is 32.1. The quantitative estimate of drug-likeness (QED) is 0.290. The summed E-state index contributed by atoms with van der Waals surface area (Å²) in [5.41, 5.74) is 3.31. The molecule has 2 aromatic heterocycles. The van der Waals surface area contributed by atoms with Gasteiger partial charge >= 0.3 is 0 Å². The van der Waals surface area contributed by atoms with Gasteiger partial charge in [-0.25, -0.2) is 4.98 Å². The number of nitrogens with one attached hydrogen (secondary N) is 1. The minimum absolute atomic E-state index is 0.0573. The van der Waals surface area contributed by atoms with Crippen LogP contribution in [0.2, 0.25) is 0 Å². The number of amides is 2. The van der Waals surface area contributed by atoms with Crippen LogP contribution in [-0.4, -0.2) is 75.6 Å². The molecule has 218 valence electrons. The van der Waals surface area contributed by atoms with Crippen molar-refractivity contribution < 1.29 is 19.4 Å². The van der Waals surface area contributed by atoms with Crippen molar-refractivity contribution in [2.75, 3.05) is 32.1 Å². The van der Waals surface area contributed by atoms with E-state index in [2.05, 4.69) is 20.2 Å². The molecule has 3 atom stereocenters. The van der Waals surface area contributed by atoms with Crippen molar-refractivity contribution >= 4 is 28.8 Å². The number of carbonyl (C=O) groups is 2. The van der Waals surface area contributed by atoms with E-state index in [-0.39, 0.29) is 36.5 Å². The zero-order chi connectivity index (χ0) is 29.6. The number of aliphatic hydroxyl groups is 1. The lowest BCUT2D eigenvalue weighted by Gasteiger charge is -2.38. The monoisotopic (exact) mass is 585 g/mol. The van der Waals surface area contributed by atoms with E-state index in [0.29, 0.717) is 42.2 Å². The number of fused-ring (bicyclic) bond motifs is 1. The van der Waals surface area contributed by atoms with Gasteiger partial charge in [-0.05, 0) is 55.9 Å². The van der Waals surface area contributed by atoms with Crippen molar-refractivity contribution in [2.45, 2.75) is 32.5 Å². The molecular formula is C32H35N5O4S. The standard InChI is InChI=1S/C32H35N5O4S/c1-21-17-37(22(2)20-38)32(40)26-5-4-6-27(29(26)41-28(21)19-36(3)18-23-11-13-33-14-12-23)35-30(39)24-7-9-25(10-8-24)31-34-15-16-42-31/h4-16,21-22,28,38H,17-20H2,1-3H3,(H,35,39)/t21-,22+,28-/m1/s1. The number of aliphatic hydroxyl groups excluding tert-OH is 1. The molecule has 0 aliphatic carbocycles. The fraction of sp³-hybridized carbons (Fsp3) is 0.312. The van der Waals surface area contributed by atoms with Crippen molar-refractivity contribution in [3.63, 3.8) is 0 Å². The maximum atomic E-state index is 13.8. The molecule has 2 N–H and O–H groups in total. The molecule has 1 aliphatic heterocycles. The Kier molecular flexibility index (Phi) is 9.26. The molecule has 2 aromatic carbocycles. The van der Waals surface area contributed by atoms with Crippen LogP contribution < -0.4 is 10.1 Å². The summed E-state index contributed by atoms with van der Waals surface area (Å²) in [6.45, 7) is 5.43. The maximum Gasteiger partial charge on any atom is 0.258 e. The number of ether oxygens (including phenoxy) is 1. The van der Waals surface area contributed by atoms with Crippen LogP contribution in [-0.2, 0) is 6.54 Å². The molecule has 10 heteroatoms. The number of hydrogen-bond acceptors (Lipinski definition) is 8. The third-order valence-electron chi connectivity index (χ3n) is 7.46. The number of benzene rings is 2. The molecule has 4 aromatic rings. The fourth-order valence-corrected chi connectivity index (χ4v) is 5.70. The summed E-state index contributed by atoms with van der Waals surface area (Å²) in [5.74, 6) is -0.282. The predicted octanol–water partition coefficient (Wildman–Crippen LogP) is 4.81. The molecular weight excluding hydrogens is 550 g/mol. The van der Waals surface area contributed by atoms with Crippen LogP contribution in [0.15, 0.2) is 78.6 Å². The molecule has 9 nitrogen and oxygen atoms in total. The summed E-state index contributed by atoms with van der Waals surface area (Å²) in [6.07, 6.45) is 5.00. The molecule has 3 heterocycles. The van der Waals surface area contributed by atoms with Crippen LogP contribution in [0.1, 0.15) is 40.1 Å². The fourth-order valence-electron chi connectivity index (χ4n) is 5.06. The lowest BCUT2D eigenvalue weighted by molar-refractivity contribution is 0.0343. The highest BCUT2D eigenvalue weighted by Crippen LogP contribution is 2.35. The Hall–Kier alpha value is -4.12. The largest absolute Gasteiger partial charge is 0.486 e. The van der Waals surface area contributed by atoms with E-state index in [9.17, 15) is 14.7 Å². The lowest BCUT2D eigenvalue weighted by atomic mass is 9.98. The molecule has 0 spiro atoms. The lowest BCUT2D eigenvalue weighted by Crippen LogP contribution is -2.49. The number of pyridine rings is 1. The topological polar surface area (TPSA) is 108 Å². The third kappa shape index (κ3) is 6.67. The molecule has 0 unspecified atom stereocenters. The Morgan fingerprint density at radius 3 is 2.62 bits per heavy atom. The summed E-state index contributed by atoms with van der Waals surface area (Å²) >= 11 is 1.53. The van der Waals surface area contributed by atoms with Gasteiger partial charge in [-0.3, -0.25) is 19.5 Å². The Labute approximate surface area is 249 Å². The number of anilines is 1. The molecule has 0 saturated heterocycles. The normalized spacial score (nSPS) is 17.6. The van der Waals surface area contributed by atoms with Gasteiger partial charge in [-0.1, -0.05) is 25.1 Å². The third-order valence-corrected chi connectivity index (χ3v) is 8.28. The molecule has 42 heavy (non-hydrogen) atoms. The highest BCUT2D eigenvalue weighted by Gasteiger charge is 2.34. The molecule has 2 amide bonds. The summed E-state index contributed by atoms with van der Waals surface area (Å²) in [6, 6.07) is 16.0. The Bertz CT molecular complexity index is 1500. The second-order valence-corrected chi connectivity index (χ2v) is 11.6. The second kappa shape index (κ2) is 13.2. The summed E-state index contributed by atoms with van der Waals surface area (Å²) in [5, 5.41) is 15.7. The SMILES string of the molecule is C[C@@H]1CN([C@@H](C)CO)C(=O)c2cccc(NC(=O)c3ccc(-c4nccs4)cc3)c2O[C@@H]1CN(C)Cc1ccncc1. The van der Waals surface area contributed by atoms with Crippen molar-refractivity contribution in [3.05, 3.63) is 95.3 Å². The van der Waals surface area contributed by atoms with Gasteiger partial charge in [0.1, 0.15) is 11.1 Å². The van der Waals surface area contributed by atoms with E-state index in [0.717, 1.165) is 16.1 Å². The van der Waals surface area contributed by atoms with Crippen molar-refractivity contribution in [1.29, 1.82) is 0 Å². The van der Waals surface area contributed by atoms with Crippen LogP contribution in [0, 0.1) is 5.92 Å². The maximum absolute atomic E-state index is 13.8.